The van der Waals surface area contributed by atoms with E-state index in [1.165, 1.54) is 5.01 Å². The minimum absolute atomic E-state index is 0.0631. The highest BCUT2D eigenvalue weighted by molar-refractivity contribution is 7.91. The number of rotatable bonds is 4. The van der Waals surface area contributed by atoms with Crippen LogP contribution in [0.15, 0.2) is 29.4 Å². The minimum Gasteiger partial charge on any atom is -0.497 e. The molecule has 3 heterocycles. The summed E-state index contributed by atoms with van der Waals surface area (Å²) in [6.45, 7) is 2.54. The van der Waals surface area contributed by atoms with Gasteiger partial charge in [-0.2, -0.15) is 5.10 Å². The molecule has 0 radical (unpaired) electrons. The molecule has 1 atom stereocenters. The normalized spacial score (nSPS) is 24.0. The van der Waals surface area contributed by atoms with Crippen molar-refractivity contribution >= 4 is 33.1 Å². The van der Waals surface area contributed by atoms with Gasteiger partial charge in [-0.05, 0) is 30.7 Å². The number of carbonyl (C=O) groups is 2. The van der Waals surface area contributed by atoms with Crippen LogP contribution < -0.4 is 9.64 Å². The second-order valence-electron chi connectivity index (χ2n) is 7.82. The Balaban J connectivity index is 1.39. The van der Waals surface area contributed by atoms with Gasteiger partial charge in [0.1, 0.15) is 11.5 Å². The molecule has 0 unspecified atom stereocenters. The quantitative estimate of drug-likeness (QED) is 0.685. The van der Waals surface area contributed by atoms with E-state index in [4.69, 9.17) is 4.74 Å². The molecule has 2 amide bonds. The maximum absolute atomic E-state index is 13.0. The van der Waals surface area contributed by atoms with Crippen LogP contribution in [0.1, 0.15) is 19.3 Å². The van der Waals surface area contributed by atoms with Crippen LogP contribution in [0.25, 0.3) is 0 Å². The zero-order valence-corrected chi connectivity index (χ0v) is 17.8. The average molecular weight is 435 g/mol. The average Bonchev–Trinajstić information content (AvgIpc) is 3.13. The van der Waals surface area contributed by atoms with Gasteiger partial charge in [0.15, 0.2) is 9.84 Å². The molecular formula is C20H26N4O5S. The Morgan fingerprint density at radius 1 is 1.10 bits per heavy atom. The highest BCUT2D eigenvalue weighted by atomic mass is 32.2. The van der Waals surface area contributed by atoms with Gasteiger partial charge in [0.25, 0.3) is 5.91 Å². The number of hydrazone groups is 1. The van der Waals surface area contributed by atoms with Crippen LogP contribution >= 0.6 is 0 Å². The summed E-state index contributed by atoms with van der Waals surface area (Å²) in [5.41, 5.74) is 1.42. The highest BCUT2D eigenvalue weighted by Gasteiger charge is 2.38. The number of sulfone groups is 1. The Labute approximate surface area is 176 Å². The summed E-state index contributed by atoms with van der Waals surface area (Å²) in [4.78, 5) is 29.2. The predicted molar refractivity (Wildman–Crippen MR) is 112 cm³/mol. The number of piperazine rings is 1. The van der Waals surface area contributed by atoms with Gasteiger partial charge >= 0.3 is 0 Å². The lowest BCUT2D eigenvalue weighted by atomic mass is 10.1. The second-order valence-corrected chi connectivity index (χ2v) is 10.0. The SMILES string of the molecule is COc1ccc(N2CCN(C(=O)C3=NN([C@@H]4CCS(=O)(=O)C4)C(=O)CC3)CC2)cc1. The number of hydrogen-bond acceptors (Lipinski definition) is 7. The summed E-state index contributed by atoms with van der Waals surface area (Å²) < 4.78 is 28.7. The maximum atomic E-state index is 13.0. The first-order valence-electron chi connectivity index (χ1n) is 10.1. The van der Waals surface area contributed by atoms with E-state index in [1.807, 2.05) is 24.3 Å². The third-order valence-corrected chi connectivity index (χ3v) is 7.62. The maximum Gasteiger partial charge on any atom is 0.270 e. The lowest BCUT2D eigenvalue weighted by molar-refractivity contribution is -0.134. The summed E-state index contributed by atoms with van der Waals surface area (Å²) in [6.07, 6.45) is 0.860. The number of benzene rings is 1. The van der Waals surface area contributed by atoms with E-state index in [9.17, 15) is 18.0 Å². The van der Waals surface area contributed by atoms with E-state index in [-0.39, 0.29) is 29.7 Å². The Morgan fingerprint density at radius 3 is 2.40 bits per heavy atom. The van der Waals surface area contributed by atoms with Crippen LogP contribution in [-0.2, 0) is 19.4 Å². The van der Waals surface area contributed by atoms with Crippen molar-refractivity contribution in [3.63, 3.8) is 0 Å². The number of ether oxygens (including phenoxy) is 1. The third kappa shape index (κ3) is 4.28. The van der Waals surface area contributed by atoms with Crippen molar-refractivity contribution in [3.8, 4) is 5.75 Å². The molecule has 0 spiro atoms. The van der Waals surface area contributed by atoms with Gasteiger partial charge in [0.2, 0.25) is 5.91 Å². The van der Waals surface area contributed by atoms with E-state index >= 15 is 0 Å². The van der Waals surface area contributed by atoms with Crippen molar-refractivity contribution in [2.24, 2.45) is 5.10 Å². The van der Waals surface area contributed by atoms with Crippen LogP contribution in [0.4, 0.5) is 5.69 Å². The molecule has 0 N–H and O–H groups in total. The van der Waals surface area contributed by atoms with Crippen LogP contribution in [0.2, 0.25) is 0 Å². The van der Waals surface area contributed by atoms with Gasteiger partial charge in [0, 0.05) is 44.7 Å². The molecule has 2 saturated heterocycles. The largest absolute Gasteiger partial charge is 0.497 e. The van der Waals surface area contributed by atoms with E-state index in [0.29, 0.717) is 44.7 Å². The summed E-state index contributed by atoms with van der Waals surface area (Å²) in [5, 5.41) is 5.54. The van der Waals surface area contributed by atoms with Crippen molar-refractivity contribution in [3.05, 3.63) is 24.3 Å². The Hall–Kier alpha value is -2.62. The fourth-order valence-corrected chi connectivity index (χ4v) is 5.81. The van der Waals surface area contributed by atoms with Gasteiger partial charge in [-0.3, -0.25) is 9.59 Å². The molecule has 0 aromatic heterocycles. The van der Waals surface area contributed by atoms with Crippen LogP contribution in [0.5, 0.6) is 5.75 Å². The number of nitrogens with zero attached hydrogens (tertiary/aromatic N) is 4. The summed E-state index contributed by atoms with van der Waals surface area (Å²) in [6, 6.07) is 7.37. The number of amides is 2. The lowest BCUT2D eigenvalue weighted by Gasteiger charge is -2.37. The first-order valence-corrected chi connectivity index (χ1v) is 12.0. The van der Waals surface area contributed by atoms with Gasteiger partial charge < -0.3 is 14.5 Å². The van der Waals surface area contributed by atoms with E-state index in [2.05, 4.69) is 10.0 Å². The third-order valence-electron chi connectivity index (χ3n) is 5.87. The van der Waals surface area contributed by atoms with E-state index < -0.39 is 15.9 Å². The zero-order valence-electron chi connectivity index (χ0n) is 17.0. The Bertz CT molecular complexity index is 952. The second kappa shape index (κ2) is 8.25. The number of hydrogen-bond donors (Lipinski definition) is 0. The van der Waals surface area contributed by atoms with Gasteiger partial charge in [-0.1, -0.05) is 0 Å². The first kappa shape index (κ1) is 20.6. The Morgan fingerprint density at radius 2 is 1.80 bits per heavy atom. The molecule has 1 aromatic carbocycles. The summed E-state index contributed by atoms with van der Waals surface area (Å²) >= 11 is 0. The number of carbonyl (C=O) groups excluding carboxylic acids is 2. The molecule has 0 bridgehead atoms. The minimum atomic E-state index is -3.14. The molecule has 10 heteroatoms. The molecule has 4 rings (SSSR count). The molecule has 2 fully saturated rings. The molecule has 0 saturated carbocycles. The Kier molecular flexibility index (Phi) is 5.68. The first-order chi connectivity index (χ1) is 14.4. The van der Waals surface area contributed by atoms with Gasteiger partial charge in [-0.25, -0.2) is 13.4 Å². The van der Waals surface area contributed by atoms with E-state index in [0.717, 1.165) is 11.4 Å². The molecular weight excluding hydrogens is 408 g/mol. The van der Waals surface area contributed by atoms with Gasteiger partial charge in [0.05, 0.1) is 24.7 Å². The van der Waals surface area contributed by atoms with Crippen molar-refractivity contribution in [1.29, 1.82) is 0 Å². The van der Waals surface area contributed by atoms with Crippen molar-refractivity contribution in [2.75, 3.05) is 49.7 Å². The molecule has 0 aliphatic carbocycles. The number of anilines is 1. The predicted octanol–water partition coefficient (Wildman–Crippen LogP) is 0.509. The zero-order chi connectivity index (χ0) is 21.3. The molecule has 3 aliphatic heterocycles. The smallest absolute Gasteiger partial charge is 0.270 e. The fraction of sp³-hybridized carbons (Fsp3) is 0.550. The monoisotopic (exact) mass is 434 g/mol. The van der Waals surface area contributed by atoms with Crippen molar-refractivity contribution in [2.45, 2.75) is 25.3 Å². The molecule has 162 valence electrons. The fourth-order valence-electron chi connectivity index (χ4n) is 4.12. The van der Waals surface area contributed by atoms with Crippen molar-refractivity contribution in [1.82, 2.24) is 9.91 Å². The molecule has 3 aliphatic rings. The van der Waals surface area contributed by atoms with E-state index in [1.54, 1.807) is 12.0 Å². The highest BCUT2D eigenvalue weighted by Crippen LogP contribution is 2.24. The topological polar surface area (TPSA) is 99.6 Å². The van der Waals surface area contributed by atoms with Crippen LogP contribution in [0.3, 0.4) is 0 Å². The summed E-state index contributed by atoms with van der Waals surface area (Å²) in [5.74, 6) is 0.412. The number of methoxy groups -OCH3 is 1. The standard InChI is InChI=1S/C20H26N4O5S/c1-29-17-4-2-15(3-5-17)22-9-11-23(12-10-22)20(26)18-6-7-19(25)24(21-18)16-8-13-30(27,28)14-16/h2-5,16H,6-14H2,1H3/t16-/m1/s1. The van der Waals surface area contributed by atoms with Crippen LogP contribution in [-0.4, -0.2) is 86.7 Å². The lowest BCUT2D eigenvalue weighted by Crippen LogP contribution is -2.52. The summed E-state index contributed by atoms with van der Waals surface area (Å²) in [7, 11) is -1.50. The molecule has 30 heavy (non-hydrogen) atoms. The van der Waals surface area contributed by atoms with Crippen molar-refractivity contribution < 1.29 is 22.7 Å². The molecule has 1 aromatic rings. The van der Waals surface area contributed by atoms with Crippen LogP contribution in [0, 0.1) is 0 Å². The van der Waals surface area contributed by atoms with Gasteiger partial charge in [-0.15, -0.1) is 0 Å². The molecule has 9 nitrogen and oxygen atoms in total.